The minimum absolute atomic E-state index is 0.0691. The molecule has 0 amide bonds. The van der Waals surface area contributed by atoms with Crippen LogP contribution in [0.25, 0.3) is 0 Å². The number of aryl methyl sites for hydroxylation is 2. The molecule has 10 heteroatoms. The van der Waals surface area contributed by atoms with E-state index in [1.54, 1.807) is 20.2 Å². The number of aliphatic hydroxyl groups is 1. The number of aliphatic hydroxyl groups excluding tert-OH is 1. The van der Waals surface area contributed by atoms with E-state index in [9.17, 15) is 14.9 Å². The number of rotatable bonds is 7. The Balaban J connectivity index is 2.31. The molecular weight excluding hydrogens is 370 g/mol. The summed E-state index contributed by atoms with van der Waals surface area (Å²) in [6, 6.07) is 2.63. The number of nitro groups is 1. The number of hydrogen-bond donors (Lipinski definition) is 1. The van der Waals surface area contributed by atoms with Crippen LogP contribution in [0.1, 0.15) is 11.1 Å². The number of nitro benzene ring substituents is 1. The highest BCUT2D eigenvalue weighted by molar-refractivity contribution is 5.54. The molecule has 0 bridgehead atoms. The lowest BCUT2D eigenvalue weighted by Gasteiger charge is -2.13. The highest BCUT2D eigenvalue weighted by Crippen LogP contribution is 2.35. The van der Waals surface area contributed by atoms with Gasteiger partial charge in [0, 0.05) is 18.8 Å². The van der Waals surface area contributed by atoms with Crippen molar-refractivity contribution in [3.63, 3.8) is 0 Å². The zero-order chi connectivity index (χ0) is 20.7. The van der Waals surface area contributed by atoms with E-state index in [1.165, 1.54) is 23.8 Å². The molecule has 0 aliphatic heterocycles. The van der Waals surface area contributed by atoms with Crippen molar-refractivity contribution in [2.75, 3.05) is 20.3 Å². The summed E-state index contributed by atoms with van der Waals surface area (Å²) in [4.78, 5) is 26.4. The molecule has 1 aromatic heterocycles. The number of ether oxygens (including phenoxy) is 3. The first-order valence-corrected chi connectivity index (χ1v) is 8.09. The van der Waals surface area contributed by atoms with Crippen LogP contribution in [0.2, 0.25) is 0 Å². The molecule has 0 saturated carbocycles. The van der Waals surface area contributed by atoms with Crippen molar-refractivity contribution in [3.8, 4) is 29.2 Å². The first kappa shape index (κ1) is 20.7. The first-order valence-electron chi connectivity index (χ1n) is 8.09. The van der Waals surface area contributed by atoms with Crippen LogP contribution in [0, 0.1) is 28.9 Å². The number of benzene rings is 1. The lowest BCUT2D eigenvalue weighted by molar-refractivity contribution is -0.385. The fraction of sp³-hybridized carbons (Fsp3) is 0.333. The maximum absolute atomic E-state index is 11.7. The summed E-state index contributed by atoms with van der Waals surface area (Å²) in [5.74, 6) is 5.44. The molecule has 148 valence electrons. The van der Waals surface area contributed by atoms with Crippen molar-refractivity contribution in [3.05, 3.63) is 50.1 Å². The smallest absolute Gasteiger partial charge is 0.350 e. The van der Waals surface area contributed by atoms with E-state index in [0.29, 0.717) is 5.56 Å². The fourth-order valence-corrected chi connectivity index (χ4v) is 2.32. The van der Waals surface area contributed by atoms with Crippen molar-refractivity contribution in [2.24, 2.45) is 7.05 Å². The summed E-state index contributed by atoms with van der Waals surface area (Å²) in [6.45, 7) is 1.13. The summed E-state index contributed by atoms with van der Waals surface area (Å²) in [6.07, 6.45) is 1.56. The van der Waals surface area contributed by atoms with Crippen LogP contribution in [0.15, 0.2) is 23.1 Å². The second-order valence-corrected chi connectivity index (χ2v) is 5.60. The Kier molecular flexibility index (Phi) is 6.95. The number of aromatic nitrogens is 2. The van der Waals surface area contributed by atoms with Crippen LogP contribution in [-0.2, 0) is 13.7 Å². The van der Waals surface area contributed by atoms with E-state index in [-0.39, 0.29) is 48.5 Å². The van der Waals surface area contributed by atoms with Crippen LogP contribution in [0.4, 0.5) is 5.69 Å². The van der Waals surface area contributed by atoms with Crippen LogP contribution in [0.3, 0.4) is 0 Å². The Labute approximate surface area is 160 Å². The molecule has 0 aliphatic rings. The molecule has 0 fully saturated rings. The summed E-state index contributed by atoms with van der Waals surface area (Å²) in [7, 11) is 2.95. The second kappa shape index (κ2) is 9.38. The summed E-state index contributed by atoms with van der Waals surface area (Å²) >= 11 is 0. The number of hydrogen-bond acceptors (Lipinski definition) is 8. The summed E-state index contributed by atoms with van der Waals surface area (Å²) in [5, 5.41) is 20.1. The number of nitrogens with zero attached hydrogens (tertiary/aromatic N) is 3. The van der Waals surface area contributed by atoms with Gasteiger partial charge < -0.3 is 23.9 Å². The van der Waals surface area contributed by atoms with Crippen LogP contribution < -0.4 is 19.9 Å². The maximum Gasteiger partial charge on any atom is 0.350 e. The lowest BCUT2D eigenvalue weighted by Crippen LogP contribution is -2.21. The molecule has 0 radical (unpaired) electrons. The Hall–Kier alpha value is -3.58. The second-order valence-electron chi connectivity index (χ2n) is 5.60. The molecule has 2 rings (SSSR count). The SMILES string of the molecule is COc1cc(COc2nc(=O)n(C)cc2C)c([N+](=O)[O-])cc1OCC#CCO. The third kappa shape index (κ3) is 4.99. The average Bonchev–Trinajstić information content (AvgIpc) is 2.66. The molecule has 0 spiro atoms. The average molecular weight is 389 g/mol. The van der Waals surface area contributed by atoms with Gasteiger partial charge in [-0.1, -0.05) is 11.8 Å². The molecule has 0 aliphatic carbocycles. The highest BCUT2D eigenvalue weighted by atomic mass is 16.6. The molecular formula is C18H19N3O7. The van der Waals surface area contributed by atoms with E-state index in [1.807, 2.05) is 0 Å². The van der Waals surface area contributed by atoms with Crippen molar-refractivity contribution in [1.29, 1.82) is 0 Å². The van der Waals surface area contributed by atoms with Gasteiger partial charge in [-0.2, -0.15) is 4.98 Å². The largest absolute Gasteiger partial charge is 0.493 e. The van der Waals surface area contributed by atoms with Crippen molar-refractivity contribution in [1.82, 2.24) is 9.55 Å². The van der Waals surface area contributed by atoms with Crippen LogP contribution in [-0.4, -0.2) is 39.9 Å². The first-order chi connectivity index (χ1) is 13.4. The van der Waals surface area contributed by atoms with Gasteiger partial charge in [-0.3, -0.25) is 10.1 Å². The Morgan fingerprint density at radius 1 is 1.29 bits per heavy atom. The zero-order valence-corrected chi connectivity index (χ0v) is 15.6. The summed E-state index contributed by atoms with van der Waals surface area (Å²) in [5.41, 5.74) is 0.0875. The van der Waals surface area contributed by atoms with Crippen molar-refractivity contribution >= 4 is 5.69 Å². The van der Waals surface area contributed by atoms with Gasteiger partial charge in [0.1, 0.15) is 19.8 Å². The van der Waals surface area contributed by atoms with Crippen molar-refractivity contribution in [2.45, 2.75) is 13.5 Å². The van der Waals surface area contributed by atoms with E-state index in [4.69, 9.17) is 19.3 Å². The maximum atomic E-state index is 11.7. The third-order valence-electron chi connectivity index (χ3n) is 3.65. The third-order valence-corrected chi connectivity index (χ3v) is 3.65. The molecule has 0 atom stereocenters. The van der Waals surface area contributed by atoms with Crippen molar-refractivity contribution < 1.29 is 24.2 Å². The molecule has 10 nitrogen and oxygen atoms in total. The molecule has 0 unspecified atom stereocenters. The summed E-state index contributed by atoms with van der Waals surface area (Å²) < 4.78 is 17.4. The molecule has 1 heterocycles. The topological polar surface area (TPSA) is 126 Å². The van der Waals surface area contributed by atoms with Crippen LogP contribution >= 0.6 is 0 Å². The lowest BCUT2D eigenvalue weighted by atomic mass is 10.1. The van der Waals surface area contributed by atoms with Gasteiger partial charge in [0.05, 0.1) is 23.7 Å². The molecule has 28 heavy (non-hydrogen) atoms. The van der Waals surface area contributed by atoms with Gasteiger partial charge in [0.15, 0.2) is 11.5 Å². The quantitative estimate of drug-likeness (QED) is 0.422. The minimum Gasteiger partial charge on any atom is -0.493 e. The van der Waals surface area contributed by atoms with Crippen LogP contribution in [0.5, 0.6) is 17.4 Å². The van der Waals surface area contributed by atoms with Gasteiger partial charge >= 0.3 is 5.69 Å². The Bertz CT molecular complexity index is 989. The van der Waals surface area contributed by atoms with E-state index < -0.39 is 10.6 Å². The predicted octanol–water partition coefficient (Wildman–Crippen LogP) is 0.959. The molecule has 0 saturated heterocycles. The van der Waals surface area contributed by atoms with E-state index >= 15 is 0 Å². The minimum atomic E-state index is -0.575. The van der Waals surface area contributed by atoms with Gasteiger partial charge in [-0.05, 0) is 13.0 Å². The Morgan fingerprint density at radius 2 is 2.04 bits per heavy atom. The zero-order valence-electron chi connectivity index (χ0n) is 15.6. The van der Waals surface area contributed by atoms with E-state index in [2.05, 4.69) is 16.8 Å². The highest BCUT2D eigenvalue weighted by Gasteiger charge is 2.21. The monoisotopic (exact) mass is 389 g/mol. The van der Waals surface area contributed by atoms with Gasteiger partial charge in [0.2, 0.25) is 5.88 Å². The molecule has 2 aromatic rings. The Morgan fingerprint density at radius 3 is 2.68 bits per heavy atom. The fourth-order valence-electron chi connectivity index (χ4n) is 2.32. The van der Waals surface area contributed by atoms with Gasteiger partial charge in [-0.15, -0.1) is 0 Å². The standard InChI is InChI=1S/C18H19N3O7/c1-12-10-20(2)18(23)19-17(12)28-11-13-8-15(26-3)16(9-14(13)21(24)25)27-7-5-4-6-22/h8-10,22H,6-7,11H2,1-3H3. The van der Waals surface area contributed by atoms with Gasteiger partial charge in [-0.25, -0.2) is 4.79 Å². The predicted molar refractivity (Wildman–Crippen MR) is 98.6 cm³/mol. The number of methoxy groups -OCH3 is 1. The van der Waals surface area contributed by atoms with Gasteiger partial charge in [0.25, 0.3) is 5.69 Å². The normalized spacial score (nSPS) is 10.0. The molecule has 1 N–H and O–H groups in total. The molecule has 1 aromatic carbocycles. The van der Waals surface area contributed by atoms with E-state index in [0.717, 1.165) is 0 Å².